The van der Waals surface area contributed by atoms with Crippen LogP contribution in [0.1, 0.15) is 37.6 Å². The third kappa shape index (κ3) is 6.31. The molecule has 1 aromatic heterocycles. The van der Waals surface area contributed by atoms with Crippen LogP contribution >= 0.6 is 0 Å². The molecule has 1 aliphatic rings. The van der Waals surface area contributed by atoms with Crippen molar-refractivity contribution < 1.29 is 4.52 Å². The summed E-state index contributed by atoms with van der Waals surface area (Å²) in [4.78, 5) is 12.2. The number of rotatable bonds is 9. The number of hydrogen-bond acceptors (Lipinski definition) is 5. The van der Waals surface area contributed by atoms with Crippen molar-refractivity contribution in [1.82, 2.24) is 25.2 Å². The molecule has 1 aromatic carbocycles. The Morgan fingerprint density at radius 3 is 2.43 bits per heavy atom. The number of piperazine rings is 1. The number of benzene rings is 1. The Morgan fingerprint density at radius 2 is 1.80 bits per heavy atom. The van der Waals surface area contributed by atoms with Crippen molar-refractivity contribution in [2.45, 2.75) is 40.4 Å². The van der Waals surface area contributed by atoms with Crippen molar-refractivity contribution in [2.24, 2.45) is 4.99 Å². The molecule has 1 fully saturated rings. The summed E-state index contributed by atoms with van der Waals surface area (Å²) in [6.07, 6.45) is 1.64. The zero-order chi connectivity index (χ0) is 21.2. The van der Waals surface area contributed by atoms with E-state index in [1.165, 1.54) is 11.1 Å². The molecular weight excluding hydrogens is 376 g/mol. The van der Waals surface area contributed by atoms with Crippen LogP contribution in [-0.4, -0.2) is 71.6 Å². The minimum atomic E-state index is 0.707. The second-order valence-corrected chi connectivity index (χ2v) is 7.65. The molecule has 7 nitrogen and oxygen atoms in total. The molecule has 1 aliphatic heterocycles. The number of hydrogen-bond donors (Lipinski definition) is 1. The summed E-state index contributed by atoms with van der Waals surface area (Å²) in [5.74, 6) is 1.01. The van der Waals surface area contributed by atoms with Crippen LogP contribution in [0.3, 0.4) is 0 Å². The summed E-state index contributed by atoms with van der Waals surface area (Å²) >= 11 is 0. The lowest BCUT2D eigenvalue weighted by Crippen LogP contribution is -2.52. The van der Waals surface area contributed by atoms with E-state index in [2.05, 4.69) is 70.2 Å². The molecule has 3 rings (SSSR count). The number of aliphatic imine (C=N–C) groups is 1. The van der Waals surface area contributed by atoms with Crippen LogP contribution in [0.15, 0.2) is 46.1 Å². The highest BCUT2D eigenvalue weighted by Gasteiger charge is 2.20. The van der Waals surface area contributed by atoms with Crippen LogP contribution in [-0.2, 0) is 19.6 Å². The molecule has 2 aromatic rings. The first-order valence-corrected chi connectivity index (χ1v) is 11.2. The summed E-state index contributed by atoms with van der Waals surface area (Å²) in [6.45, 7) is 16.0. The Labute approximate surface area is 180 Å². The van der Waals surface area contributed by atoms with E-state index in [1.807, 2.05) is 6.07 Å². The molecule has 30 heavy (non-hydrogen) atoms. The first-order valence-electron chi connectivity index (χ1n) is 11.2. The van der Waals surface area contributed by atoms with Gasteiger partial charge in [0.25, 0.3) is 0 Å². The van der Waals surface area contributed by atoms with E-state index in [4.69, 9.17) is 9.52 Å². The summed E-state index contributed by atoms with van der Waals surface area (Å²) in [5, 5.41) is 7.51. The van der Waals surface area contributed by atoms with Gasteiger partial charge in [0.05, 0.1) is 12.2 Å². The van der Waals surface area contributed by atoms with Gasteiger partial charge in [-0.2, -0.15) is 0 Å². The summed E-state index contributed by atoms with van der Waals surface area (Å²) < 4.78 is 4.95. The summed E-state index contributed by atoms with van der Waals surface area (Å²) in [5.41, 5.74) is 3.68. The van der Waals surface area contributed by atoms with Crippen LogP contribution in [0.5, 0.6) is 0 Å². The van der Waals surface area contributed by atoms with Gasteiger partial charge in [0, 0.05) is 51.9 Å². The number of nitrogens with one attached hydrogen (secondary N) is 1. The Balaban J connectivity index is 1.61. The van der Waals surface area contributed by atoms with Crippen LogP contribution in [0.2, 0.25) is 0 Å². The second kappa shape index (κ2) is 11.7. The maximum atomic E-state index is 4.99. The third-order valence-electron chi connectivity index (χ3n) is 5.69. The number of aromatic nitrogens is 1. The molecular formula is C23H36N6O. The Kier molecular flexibility index (Phi) is 8.71. The van der Waals surface area contributed by atoms with Gasteiger partial charge in [0.1, 0.15) is 6.26 Å². The van der Waals surface area contributed by atoms with Crippen molar-refractivity contribution in [3.8, 4) is 0 Å². The van der Waals surface area contributed by atoms with Gasteiger partial charge in [-0.3, -0.25) is 9.80 Å². The molecule has 7 heteroatoms. The Bertz CT molecular complexity index is 764. The average molecular weight is 413 g/mol. The quantitative estimate of drug-likeness (QED) is 0.505. The van der Waals surface area contributed by atoms with E-state index in [9.17, 15) is 0 Å². The van der Waals surface area contributed by atoms with E-state index in [-0.39, 0.29) is 0 Å². The molecule has 0 amide bonds. The van der Waals surface area contributed by atoms with Gasteiger partial charge < -0.3 is 14.7 Å². The maximum Gasteiger partial charge on any atom is 0.194 e. The normalized spacial score (nSPS) is 15.7. The SMILES string of the molecule is CCNC(=NCc1ccccc1CN(CC)CC)N1CCN(Cc2ccon2)CC1. The zero-order valence-electron chi connectivity index (χ0n) is 18.7. The first-order chi connectivity index (χ1) is 14.7. The second-order valence-electron chi connectivity index (χ2n) is 7.65. The third-order valence-corrected chi connectivity index (χ3v) is 5.69. The summed E-state index contributed by atoms with van der Waals surface area (Å²) in [7, 11) is 0. The lowest BCUT2D eigenvalue weighted by atomic mass is 10.1. The van der Waals surface area contributed by atoms with Crippen molar-refractivity contribution in [1.29, 1.82) is 0 Å². The van der Waals surface area contributed by atoms with Crippen molar-refractivity contribution in [2.75, 3.05) is 45.8 Å². The highest BCUT2D eigenvalue weighted by Crippen LogP contribution is 2.14. The maximum absolute atomic E-state index is 4.99. The van der Waals surface area contributed by atoms with Crippen molar-refractivity contribution in [3.63, 3.8) is 0 Å². The molecule has 2 heterocycles. The van der Waals surface area contributed by atoms with E-state index in [1.54, 1.807) is 6.26 Å². The first kappa shape index (κ1) is 22.3. The molecule has 164 valence electrons. The average Bonchev–Trinajstić information content (AvgIpc) is 3.29. The lowest BCUT2D eigenvalue weighted by Gasteiger charge is -2.36. The fraction of sp³-hybridized carbons (Fsp3) is 0.565. The number of nitrogens with zero attached hydrogens (tertiary/aromatic N) is 5. The predicted octanol–water partition coefficient (Wildman–Crippen LogP) is 2.80. The minimum Gasteiger partial charge on any atom is -0.364 e. The van der Waals surface area contributed by atoms with Gasteiger partial charge in [-0.15, -0.1) is 0 Å². The number of guanidine groups is 1. The summed E-state index contributed by atoms with van der Waals surface area (Å²) in [6, 6.07) is 10.6. The molecule has 0 atom stereocenters. The molecule has 0 saturated carbocycles. The van der Waals surface area contributed by atoms with E-state index < -0.39 is 0 Å². The van der Waals surface area contributed by atoms with Gasteiger partial charge in [0.2, 0.25) is 0 Å². The van der Waals surface area contributed by atoms with Crippen molar-refractivity contribution >= 4 is 5.96 Å². The Morgan fingerprint density at radius 1 is 1.07 bits per heavy atom. The topological polar surface area (TPSA) is 60.1 Å². The van der Waals surface area contributed by atoms with Gasteiger partial charge in [-0.25, -0.2) is 4.99 Å². The van der Waals surface area contributed by atoms with Crippen molar-refractivity contribution in [3.05, 3.63) is 53.4 Å². The van der Waals surface area contributed by atoms with Crippen LogP contribution in [0, 0.1) is 0 Å². The van der Waals surface area contributed by atoms with Crippen LogP contribution in [0.4, 0.5) is 0 Å². The fourth-order valence-corrected chi connectivity index (χ4v) is 3.81. The molecule has 0 spiro atoms. The molecule has 0 bridgehead atoms. The van der Waals surface area contributed by atoms with Gasteiger partial charge in [0.15, 0.2) is 5.96 Å². The fourth-order valence-electron chi connectivity index (χ4n) is 3.81. The van der Waals surface area contributed by atoms with Crippen LogP contribution in [0.25, 0.3) is 0 Å². The monoisotopic (exact) mass is 412 g/mol. The van der Waals surface area contributed by atoms with E-state index >= 15 is 0 Å². The standard InChI is InChI=1S/C23H36N6O/c1-4-24-23(29-14-12-28(13-15-29)19-22-11-16-30-26-22)25-17-20-9-7-8-10-21(20)18-27(5-2)6-3/h7-11,16H,4-6,12-15,17-19H2,1-3H3,(H,24,25). The molecule has 1 saturated heterocycles. The highest BCUT2D eigenvalue weighted by molar-refractivity contribution is 5.80. The molecule has 0 radical (unpaired) electrons. The van der Waals surface area contributed by atoms with E-state index in [0.29, 0.717) is 6.54 Å². The molecule has 0 aliphatic carbocycles. The largest absolute Gasteiger partial charge is 0.364 e. The van der Waals surface area contributed by atoms with Gasteiger partial charge in [-0.1, -0.05) is 43.3 Å². The van der Waals surface area contributed by atoms with Gasteiger partial charge in [-0.05, 0) is 31.1 Å². The molecule has 1 N–H and O–H groups in total. The lowest BCUT2D eigenvalue weighted by molar-refractivity contribution is 0.169. The zero-order valence-corrected chi connectivity index (χ0v) is 18.7. The highest BCUT2D eigenvalue weighted by atomic mass is 16.5. The smallest absolute Gasteiger partial charge is 0.194 e. The van der Waals surface area contributed by atoms with Gasteiger partial charge >= 0.3 is 0 Å². The van der Waals surface area contributed by atoms with Crippen LogP contribution < -0.4 is 5.32 Å². The molecule has 0 unspecified atom stereocenters. The Hall–Kier alpha value is -2.38. The minimum absolute atomic E-state index is 0.707. The van der Waals surface area contributed by atoms with E-state index in [0.717, 1.165) is 70.6 Å². The predicted molar refractivity (Wildman–Crippen MR) is 121 cm³/mol.